The molecule has 0 aromatic heterocycles. The monoisotopic (exact) mass is 258 g/mol. The Hall–Kier alpha value is -0.570. The van der Waals surface area contributed by atoms with Crippen molar-refractivity contribution in [3.8, 4) is 0 Å². The van der Waals surface area contributed by atoms with Crippen LogP contribution in [-0.2, 0) is 9.53 Å². The van der Waals surface area contributed by atoms with Crippen LogP contribution in [0.5, 0.6) is 0 Å². The molecule has 0 aliphatic carbocycles. The standard InChI is InChI=1S/C15H30O3/c1-14(16)12-10-8-6-4-3-5-7-9-11-13-15(17)18-2/h14,16H,3-13H2,1-2H3/t14-/m0/s1. The van der Waals surface area contributed by atoms with Crippen LogP contribution in [0.3, 0.4) is 0 Å². The number of unbranched alkanes of at least 4 members (excludes halogenated alkanes) is 8. The fraction of sp³-hybridized carbons (Fsp3) is 0.933. The lowest BCUT2D eigenvalue weighted by atomic mass is 10.0. The van der Waals surface area contributed by atoms with Crippen LogP contribution in [0.4, 0.5) is 0 Å². The van der Waals surface area contributed by atoms with Gasteiger partial charge in [0.25, 0.3) is 0 Å². The van der Waals surface area contributed by atoms with Gasteiger partial charge < -0.3 is 9.84 Å². The summed E-state index contributed by atoms with van der Waals surface area (Å²) in [7, 11) is 1.44. The molecular weight excluding hydrogens is 228 g/mol. The quantitative estimate of drug-likeness (QED) is 0.427. The number of rotatable bonds is 12. The molecule has 0 heterocycles. The van der Waals surface area contributed by atoms with Crippen LogP contribution >= 0.6 is 0 Å². The first kappa shape index (κ1) is 17.4. The molecule has 1 N–H and O–H groups in total. The molecule has 0 aliphatic rings. The summed E-state index contributed by atoms with van der Waals surface area (Å²) in [4.78, 5) is 10.9. The van der Waals surface area contributed by atoms with Crippen molar-refractivity contribution in [1.29, 1.82) is 0 Å². The van der Waals surface area contributed by atoms with Gasteiger partial charge in [0.1, 0.15) is 0 Å². The number of carbonyl (C=O) groups is 1. The van der Waals surface area contributed by atoms with Crippen molar-refractivity contribution in [2.45, 2.75) is 83.7 Å². The number of hydrogen-bond acceptors (Lipinski definition) is 3. The van der Waals surface area contributed by atoms with Crippen LogP contribution in [0.1, 0.15) is 77.6 Å². The van der Waals surface area contributed by atoms with Crippen molar-refractivity contribution in [1.82, 2.24) is 0 Å². The number of methoxy groups -OCH3 is 1. The van der Waals surface area contributed by atoms with Crippen molar-refractivity contribution in [2.75, 3.05) is 7.11 Å². The molecule has 0 spiro atoms. The van der Waals surface area contributed by atoms with E-state index in [-0.39, 0.29) is 12.1 Å². The fourth-order valence-electron chi connectivity index (χ4n) is 2.05. The van der Waals surface area contributed by atoms with Gasteiger partial charge >= 0.3 is 5.97 Å². The molecule has 0 saturated heterocycles. The van der Waals surface area contributed by atoms with E-state index < -0.39 is 0 Å². The first-order valence-electron chi connectivity index (χ1n) is 7.41. The number of ether oxygens (including phenoxy) is 1. The van der Waals surface area contributed by atoms with Crippen LogP contribution in [0, 0.1) is 0 Å². The Morgan fingerprint density at radius 1 is 0.944 bits per heavy atom. The van der Waals surface area contributed by atoms with Gasteiger partial charge in [-0.15, -0.1) is 0 Å². The molecule has 0 fully saturated rings. The predicted octanol–water partition coefficient (Wildman–Crippen LogP) is 3.83. The third kappa shape index (κ3) is 13.5. The van der Waals surface area contributed by atoms with E-state index in [1.165, 1.54) is 45.6 Å². The summed E-state index contributed by atoms with van der Waals surface area (Å²) in [5, 5.41) is 9.10. The molecule has 0 rings (SSSR count). The average molecular weight is 258 g/mol. The Balaban J connectivity index is 3.01. The second kappa shape index (κ2) is 12.9. The van der Waals surface area contributed by atoms with Crippen LogP contribution < -0.4 is 0 Å². The minimum atomic E-state index is -0.139. The van der Waals surface area contributed by atoms with Crippen molar-refractivity contribution in [2.24, 2.45) is 0 Å². The Bertz CT molecular complexity index is 190. The SMILES string of the molecule is COC(=O)CCCCCCCCCCC[C@H](C)O. The number of aliphatic hydroxyl groups excluding tert-OH is 1. The highest BCUT2D eigenvalue weighted by molar-refractivity contribution is 5.68. The third-order valence-electron chi connectivity index (χ3n) is 3.23. The van der Waals surface area contributed by atoms with E-state index in [9.17, 15) is 4.79 Å². The minimum absolute atomic E-state index is 0.0897. The van der Waals surface area contributed by atoms with E-state index in [2.05, 4.69) is 4.74 Å². The molecule has 3 nitrogen and oxygen atoms in total. The smallest absolute Gasteiger partial charge is 0.305 e. The van der Waals surface area contributed by atoms with E-state index in [1.54, 1.807) is 0 Å². The Kier molecular flexibility index (Phi) is 12.5. The van der Waals surface area contributed by atoms with Gasteiger partial charge in [0.05, 0.1) is 13.2 Å². The molecule has 18 heavy (non-hydrogen) atoms. The molecule has 0 unspecified atom stereocenters. The van der Waals surface area contributed by atoms with Crippen molar-refractivity contribution in [3.63, 3.8) is 0 Å². The first-order valence-corrected chi connectivity index (χ1v) is 7.41. The lowest BCUT2D eigenvalue weighted by molar-refractivity contribution is -0.140. The average Bonchev–Trinajstić information content (AvgIpc) is 2.35. The van der Waals surface area contributed by atoms with Crippen LogP contribution in [0.15, 0.2) is 0 Å². The van der Waals surface area contributed by atoms with E-state index in [4.69, 9.17) is 5.11 Å². The molecule has 0 aromatic rings. The highest BCUT2D eigenvalue weighted by Crippen LogP contribution is 2.12. The van der Waals surface area contributed by atoms with Crippen molar-refractivity contribution in [3.05, 3.63) is 0 Å². The van der Waals surface area contributed by atoms with Gasteiger partial charge in [-0.05, 0) is 19.8 Å². The maximum absolute atomic E-state index is 10.9. The summed E-state index contributed by atoms with van der Waals surface area (Å²) in [6.07, 6.45) is 12.2. The van der Waals surface area contributed by atoms with E-state index in [1.807, 2.05) is 6.92 Å². The Morgan fingerprint density at radius 2 is 1.39 bits per heavy atom. The molecule has 108 valence electrons. The third-order valence-corrected chi connectivity index (χ3v) is 3.23. The number of hydrogen-bond donors (Lipinski definition) is 1. The summed E-state index contributed by atoms with van der Waals surface area (Å²) in [5.74, 6) is -0.0897. The Labute approximate surface area is 112 Å². The highest BCUT2D eigenvalue weighted by atomic mass is 16.5. The summed E-state index contributed by atoms with van der Waals surface area (Å²) in [6, 6.07) is 0. The van der Waals surface area contributed by atoms with E-state index >= 15 is 0 Å². The fourth-order valence-corrected chi connectivity index (χ4v) is 2.05. The first-order chi connectivity index (χ1) is 8.66. The molecule has 0 aliphatic heterocycles. The second-order valence-corrected chi connectivity index (χ2v) is 5.15. The zero-order valence-electron chi connectivity index (χ0n) is 12.1. The maximum Gasteiger partial charge on any atom is 0.305 e. The zero-order chi connectivity index (χ0) is 13.6. The van der Waals surface area contributed by atoms with Gasteiger partial charge in [-0.25, -0.2) is 0 Å². The van der Waals surface area contributed by atoms with Crippen LogP contribution in [0.2, 0.25) is 0 Å². The minimum Gasteiger partial charge on any atom is -0.469 e. The number of esters is 1. The predicted molar refractivity (Wildman–Crippen MR) is 74.5 cm³/mol. The van der Waals surface area contributed by atoms with Crippen LogP contribution in [0.25, 0.3) is 0 Å². The molecule has 1 atom stereocenters. The van der Waals surface area contributed by atoms with Gasteiger partial charge in [-0.2, -0.15) is 0 Å². The normalized spacial score (nSPS) is 12.4. The number of carbonyl (C=O) groups excluding carboxylic acids is 1. The lowest BCUT2D eigenvalue weighted by Crippen LogP contribution is -1.99. The largest absolute Gasteiger partial charge is 0.469 e. The van der Waals surface area contributed by atoms with E-state index in [0.29, 0.717) is 6.42 Å². The summed E-state index contributed by atoms with van der Waals surface area (Å²) in [5.41, 5.74) is 0. The van der Waals surface area contributed by atoms with Gasteiger partial charge in [0.15, 0.2) is 0 Å². The molecular formula is C15H30O3. The maximum atomic E-state index is 10.9. The summed E-state index contributed by atoms with van der Waals surface area (Å²) < 4.78 is 4.59. The van der Waals surface area contributed by atoms with Crippen LogP contribution in [-0.4, -0.2) is 24.3 Å². The molecule has 3 heteroatoms. The molecule has 0 radical (unpaired) electrons. The van der Waals surface area contributed by atoms with Crippen molar-refractivity contribution >= 4 is 5.97 Å². The topological polar surface area (TPSA) is 46.5 Å². The van der Waals surface area contributed by atoms with E-state index in [0.717, 1.165) is 25.7 Å². The molecule has 0 amide bonds. The summed E-state index contributed by atoms with van der Waals surface area (Å²) >= 11 is 0. The Morgan fingerprint density at radius 3 is 1.83 bits per heavy atom. The number of aliphatic hydroxyl groups is 1. The van der Waals surface area contributed by atoms with Gasteiger partial charge in [-0.1, -0.05) is 51.4 Å². The molecule has 0 aromatic carbocycles. The molecule has 0 bridgehead atoms. The van der Waals surface area contributed by atoms with Gasteiger partial charge in [-0.3, -0.25) is 4.79 Å². The van der Waals surface area contributed by atoms with Gasteiger partial charge in [0.2, 0.25) is 0 Å². The van der Waals surface area contributed by atoms with Gasteiger partial charge in [0, 0.05) is 6.42 Å². The van der Waals surface area contributed by atoms with Crippen molar-refractivity contribution < 1.29 is 14.6 Å². The zero-order valence-corrected chi connectivity index (χ0v) is 12.1. The lowest BCUT2D eigenvalue weighted by Gasteiger charge is -2.04. The summed E-state index contributed by atoms with van der Waals surface area (Å²) in [6.45, 7) is 1.86. The highest BCUT2D eigenvalue weighted by Gasteiger charge is 1.99. The molecule has 0 saturated carbocycles. The second-order valence-electron chi connectivity index (χ2n) is 5.15.